The molecule has 0 spiro atoms. The van der Waals surface area contributed by atoms with Crippen LogP contribution in [0.1, 0.15) is 0 Å². The van der Waals surface area contributed by atoms with Gasteiger partial charge in [-0.1, -0.05) is 164 Å². The second-order valence-electron chi connectivity index (χ2n) is 15.2. The number of benzene rings is 10. The maximum atomic E-state index is 6.88. The van der Waals surface area contributed by atoms with Crippen LogP contribution in [0.15, 0.2) is 217 Å². The standard InChI is InChI=1S/C56H35NOS/c1-2-14-37(15-3-1)42-19-10-22-46-43(20-11-21-45(42)46)38-29-31-41(32-30-38)57(51-24-12-23-48-47-17-7-9-26-53(47)59-56(48)51)50-34-33-44(40-28-27-36-13-4-5-16-39(36)35-40)55-54(50)49-18-6-8-25-52(49)58-55/h1-35H. The molecule has 0 unspecified atom stereocenters. The van der Waals surface area contributed by atoms with Gasteiger partial charge < -0.3 is 9.32 Å². The normalized spacial score (nSPS) is 11.7. The van der Waals surface area contributed by atoms with Crippen molar-refractivity contribution >= 4 is 92.1 Å². The Kier molecular flexibility index (Phi) is 7.75. The third-order valence-corrected chi connectivity index (χ3v) is 13.1. The van der Waals surface area contributed by atoms with Crippen molar-refractivity contribution in [1.29, 1.82) is 0 Å². The highest BCUT2D eigenvalue weighted by atomic mass is 32.1. The topological polar surface area (TPSA) is 16.4 Å². The summed E-state index contributed by atoms with van der Waals surface area (Å²) in [6.45, 7) is 0. The third kappa shape index (κ3) is 5.47. The fourth-order valence-corrected chi connectivity index (χ4v) is 10.3. The maximum absolute atomic E-state index is 6.88. The summed E-state index contributed by atoms with van der Waals surface area (Å²) in [5.41, 5.74) is 12.1. The summed E-state index contributed by atoms with van der Waals surface area (Å²) in [6.07, 6.45) is 0. The highest BCUT2D eigenvalue weighted by Gasteiger charge is 2.24. The Morgan fingerprint density at radius 3 is 1.81 bits per heavy atom. The lowest BCUT2D eigenvalue weighted by atomic mass is 9.93. The molecule has 2 heterocycles. The van der Waals surface area contributed by atoms with Gasteiger partial charge in [-0.05, 0) is 97.9 Å². The zero-order chi connectivity index (χ0) is 38.9. The number of anilines is 3. The van der Waals surface area contributed by atoms with Crippen LogP contribution < -0.4 is 4.90 Å². The molecule has 0 aliphatic heterocycles. The zero-order valence-corrected chi connectivity index (χ0v) is 32.8. The minimum absolute atomic E-state index is 0.873. The molecule has 10 aromatic carbocycles. The summed E-state index contributed by atoms with van der Waals surface area (Å²) in [5.74, 6) is 0. The van der Waals surface area contributed by atoms with Crippen molar-refractivity contribution in [3.05, 3.63) is 212 Å². The fourth-order valence-electron chi connectivity index (χ4n) is 9.12. The Hall–Kier alpha value is -7.46. The molecule has 12 rings (SSSR count). The van der Waals surface area contributed by atoms with Gasteiger partial charge in [0.25, 0.3) is 0 Å². The number of thiophene rings is 1. The van der Waals surface area contributed by atoms with Gasteiger partial charge in [-0.15, -0.1) is 11.3 Å². The highest BCUT2D eigenvalue weighted by molar-refractivity contribution is 7.26. The van der Waals surface area contributed by atoms with E-state index in [0.29, 0.717) is 0 Å². The molecule has 0 bridgehead atoms. The number of rotatable bonds is 6. The molecule has 0 aliphatic carbocycles. The molecular formula is C56H35NOS. The van der Waals surface area contributed by atoms with Gasteiger partial charge in [-0.3, -0.25) is 0 Å². The SMILES string of the molecule is c1ccc(-c2cccc3c(-c4ccc(N(c5cccc6c5sc5ccccc56)c5ccc(-c6ccc7ccccc7c6)c6oc7ccccc7c56)cc4)cccc23)cc1. The van der Waals surface area contributed by atoms with Crippen LogP contribution in [0.3, 0.4) is 0 Å². The van der Waals surface area contributed by atoms with Crippen LogP contribution in [0.25, 0.3) is 97.0 Å². The molecule has 0 saturated carbocycles. The van der Waals surface area contributed by atoms with Crippen LogP contribution in [-0.4, -0.2) is 0 Å². The largest absolute Gasteiger partial charge is 0.455 e. The lowest BCUT2D eigenvalue weighted by Crippen LogP contribution is -2.10. The summed E-state index contributed by atoms with van der Waals surface area (Å²) < 4.78 is 9.41. The molecule has 0 atom stereocenters. The van der Waals surface area contributed by atoms with Gasteiger partial charge in [0, 0.05) is 32.1 Å². The average Bonchev–Trinajstić information content (AvgIpc) is 3.89. The second-order valence-corrected chi connectivity index (χ2v) is 16.3. The molecule has 2 aromatic heterocycles. The number of nitrogens with zero attached hydrogens (tertiary/aromatic N) is 1. The quantitative estimate of drug-likeness (QED) is 0.167. The van der Waals surface area contributed by atoms with E-state index >= 15 is 0 Å². The van der Waals surface area contributed by atoms with Crippen molar-refractivity contribution in [2.24, 2.45) is 0 Å². The smallest absolute Gasteiger partial charge is 0.145 e. The molecule has 59 heavy (non-hydrogen) atoms. The van der Waals surface area contributed by atoms with E-state index in [1.54, 1.807) is 0 Å². The van der Waals surface area contributed by atoms with Crippen LogP contribution in [-0.2, 0) is 0 Å². The van der Waals surface area contributed by atoms with Crippen LogP contribution >= 0.6 is 11.3 Å². The Bertz CT molecular complexity index is 3560. The number of hydrogen-bond acceptors (Lipinski definition) is 3. The van der Waals surface area contributed by atoms with Gasteiger partial charge in [0.1, 0.15) is 11.2 Å². The van der Waals surface area contributed by atoms with Crippen LogP contribution in [0.5, 0.6) is 0 Å². The van der Waals surface area contributed by atoms with Crippen molar-refractivity contribution < 1.29 is 4.42 Å². The molecule has 0 N–H and O–H groups in total. The number of para-hydroxylation sites is 1. The number of furan rings is 1. The van der Waals surface area contributed by atoms with Gasteiger partial charge in [-0.2, -0.15) is 0 Å². The molecule has 12 aromatic rings. The average molecular weight is 770 g/mol. The van der Waals surface area contributed by atoms with Crippen molar-refractivity contribution in [1.82, 2.24) is 0 Å². The molecule has 3 heteroatoms. The predicted octanol–water partition coefficient (Wildman–Crippen LogP) is 16.7. The highest BCUT2D eigenvalue weighted by Crippen LogP contribution is 2.50. The molecule has 0 aliphatic rings. The van der Waals surface area contributed by atoms with Crippen molar-refractivity contribution in [3.63, 3.8) is 0 Å². The first-order valence-corrected chi connectivity index (χ1v) is 20.9. The van der Waals surface area contributed by atoms with Crippen molar-refractivity contribution in [2.75, 3.05) is 4.90 Å². The van der Waals surface area contributed by atoms with E-state index in [2.05, 4.69) is 217 Å². The molecular weight excluding hydrogens is 735 g/mol. The Labute approximate surface area is 345 Å². The van der Waals surface area contributed by atoms with E-state index in [-0.39, 0.29) is 0 Å². The summed E-state index contributed by atoms with van der Waals surface area (Å²) >= 11 is 1.85. The first kappa shape index (κ1) is 33.7. The van der Waals surface area contributed by atoms with Crippen LogP contribution in [0, 0.1) is 0 Å². The summed E-state index contributed by atoms with van der Waals surface area (Å²) in [4.78, 5) is 2.45. The Balaban J connectivity index is 1.08. The fraction of sp³-hybridized carbons (Fsp3) is 0. The number of hydrogen-bond donors (Lipinski definition) is 0. The van der Waals surface area contributed by atoms with Gasteiger partial charge in [-0.25, -0.2) is 0 Å². The predicted molar refractivity (Wildman–Crippen MR) is 253 cm³/mol. The van der Waals surface area contributed by atoms with Gasteiger partial charge in [0.15, 0.2) is 0 Å². The van der Waals surface area contributed by atoms with E-state index < -0.39 is 0 Å². The van der Waals surface area contributed by atoms with Gasteiger partial charge >= 0.3 is 0 Å². The summed E-state index contributed by atoms with van der Waals surface area (Å²) in [5, 5.41) is 9.64. The minimum atomic E-state index is 0.873. The van der Waals surface area contributed by atoms with E-state index in [4.69, 9.17) is 4.42 Å². The van der Waals surface area contributed by atoms with Gasteiger partial charge in [0.2, 0.25) is 0 Å². The monoisotopic (exact) mass is 769 g/mol. The molecule has 0 amide bonds. The number of fused-ring (bicyclic) bond motifs is 8. The van der Waals surface area contributed by atoms with Crippen LogP contribution in [0.2, 0.25) is 0 Å². The van der Waals surface area contributed by atoms with Crippen molar-refractivity contribution in [2.45, 2.75) is 0 Å². The van der Waals surface area contributed by atoms with E-state index in [1.165, 1.54) is 64.0 Å². The summed E-state index contributed by atoms with van der Waals surface area (Å²) in [7, 11) is 0. The molecule has 2 nitrogen and oxygen atoms in total. The first-order valence-electron chi connectivity index (χ1n) is 20.1. The lowest BCUT2D eigenvalue weighted by molar-refractivity contribution is 0.670. The molecule has 0 fully saturated rings. The van der Waals surface area contributed by atoms with E-state index in [0.717, 1.165) is 50.1 Å². The zero-order valence-electron chi connectivity index (χ0n) is 32.0. The lowest BCUT2D eigenvalue weighted by Gasteiger charge is -2.27. The minimum Gasteiger partial charge on any atom is -0.455 e. The maximum Gasteiger partial charge on any atom is 0.145 e. The first-order chi connectivity index (χ1) is 29.3. The van der Waals surface area contributed by atoms with E-state index in [9.17, 15) is 0 Å². The molecule has 0 saturated heterocycles. The Morgan fingerprint density at radius 1 is 0.373 bits per heavy atom. The van der Waals surface area contributed by atoms with E-state index in [1.807, 2.05) is 11.3 Å². The summed E-state index contributed by atoms with van der Waals surface area (Å²) in [6, 6.07) is 76.9. The Morgan fingerprint density at radius 2 is 1.00 bits per heavy atom. The van der Waals surface area contributed by atoms with Gasteiger partial charge in [0.05, 0.1) is 21.5 Å². The molecule has 276 valence electrons. The van der Waals surface area contributed by atoms with Crippen LogP contribution in [0.4, 0.5) is 17.1 Å². The van der Waals surface area contributed by atoms with Crippen molar-refractivity contribution in [3.8, 4) is 33.4 Å². The molecule has 0 radical (unpaired) electrons. The third-order valence-electron chi connectivity index (χ3n) is 11.9. The second kappa shape index (κ2) is 13.6.